The lowest BCUT2D eigenvalue weighted by Gasteiger charge is -2.34. The Hall–Kier alpha value is -2.61. The van der Waals surface area contributed by atoms with Gasteiger partial charge in [0.15, 0.2) is 0 Å². The summed E-state index contributed by atoms with van der Waals surface area (Å²) >= 11 is 1.55. The number of nitriles is 1. The molecule has 3 heterocycles. The molecule has 0 radical (unpaired) electrons. The van der Waals surface area contributed by atoms with E-state index >= 15 is 0 Å². The van der Waals surface area contributed by atoms with Crippen molar-refractivity contribution in [2.24, 2.45) is 0 Å². The van der Waals surface area contributed by atoms with Crippen LogP contribution in [-0.4, -0.2) is 48.9 Å². The van der Waals surface area contributed by atoms with E-state index in [2.05, 4.69) is 9.97 Å². The van der Waals surface area contributed by atoms with Gasteiger partial charge in [0.2, 0.25) is 10.0 Å². The predicted octanol–water partition coefficient (Wildman–Crippen LogP) is 2.35. The number of aromatic nitrogens is 2. The van der Waals surface area contributed by atoms with Gasteiger partial charge in [-0.15, -0.1) is 11.3 Å². The molecule has 3 aromatic rings. The minimum atomic E-state index is -3.69. The van der Waals surface area contributed by atoms with E-state index in [1.807, 2.05) is 22.4 Å². The maximum absolute atomic E-state index is 14.0. The van der Waals surface area contributed by atoms with Crippen LogP contribution in [-0.2, 0) is 15.8 Å². The standard InChI is InChI=1S/C18H16FN5O2S2/c19-15-2-1-13(10-20)9-14(15)11-28(25,26)24-6-4-23(5-7-24)18-17-16(3-8-27-17)21-12-22-18/h1-3,8-9,12H,4-7,11H2. The quantitative estimate of drug-likeness (QED) is 0.647. The van der Waals surface area contributed by atoms with Crippen molar-refractivity contribution in [3.63, 3.8) is 0 Å². The Morgan fingerprint density at radius 2 is 1.96 bits per heavy atom. The molecule has 4 rings (SSSR count). The Bertz CT molecular complexity index is 1160. The number of hydrogen-bond acceptors (Lipinski definition) is 7. The van der Waals surface area contributed by atoms with E-state index in [9.17, 15) is 12.8 Å². The number of hydrogen-bond donors (Lipinski definition) is 0. The first-order chi connectivity index (χ1) is 13.5. The number of benzene rings is 1. The average molecular weight is 417 g/mol. The van der Waals surface area contributed by atoms with E-state index < -0.39 is 21.6 Å². The van der Waals surface area contributed by atoms with Crippen LogP contribution in [0.15, 0.2) is 36.0 Å². The summed E-state index contributed by atoms with van der Waals surface area (Å²) in [5, 5.41) is 10.9. The molecule has 0 saturated carbocycles. The summed E-state index contributed by atoms with van der Waals surface area (Å²) in [5.74, 6) is -0.274. The SMILES string of the molecule is N#Cc1ccc(F)c(CS(=O)(=O)N2CCN(c3ncnc4ccsc34)CC2)c1. The molecule has 144 valence electrons. The molecule has 1 aliphatic rings. The fraction of sp³-hybridized carbons (Fsp3) is 0.278. The van der Waals surface area contributed by atoms with Crippen LogP contribution in [0.1, 0.15) is 11.1 Å². The number of thiophene rings is 1. The number of anilines is 1. The van der Waals surface area contributed by atoms with Gasteiger partial charge >= 0.3 is 0 Å². The molecule has 7 nitrogen and oxygen atoms in total. The minimum absolute atomic E-state index is 0.0116. The zero-order chi connectivity index (χ0) is 19.7. The van der Waals surface area contributed by atoms with Gasteiger partial charge in [0.25, 0.3) is 0 Å². The zero-order valence-corrected chi connectivity index (χ0v) is 16.4. The van der Waals surface area contributed by atoms with Gasteiger partial charge in [0, 0.05) is 31.7 Å². The van der Waals surface area contributed by atoms with Crippen LogP contribution in [0.2, 0.25) is 0 Å². The highest BCUT2D eigenvalue weighted by molar-refractivity contribution is 7.88. The van der Waals surface area contributed by atoms with Gasteiger partial charge in [-0.25, -0.2) is 22.8 Å². The van der Waals surface area contributed by atoms with Crippen molar-refractivity contribution in [3.8, 4) is 6.07 Å². The highest BCUT2D eigenvalue weighted by atomic mass is 32.2. The fourth-order valence-electron chi connectivity index (χ4n) is 3.22. The molecule has 0 N–H and O–H groups in total. The summed E-state index contributed by atoms with van der Waals surface area (Å²) in [4.78, 5) is 10.6. The molecule has 2 aromatic heterocycles. The van der Waals surface area contributed by atoms with Crippen LogP contribution in [0.3, 0.4) is 0 Å². The maximum Gasteiger partial charge on any atom is 0.218 e. The van der Waals surface area contributed by atoms with E-state index in [4.69, 9.17) is 5.26 Å². The molecular formula is C18H16FN5O2S2. The van der Waals surface area contributed by atoms with Crippen molar-refractivity contribution in [2.45, 2.75) is 5.75 Å². The lowest BCUT2D eigenvalue weighted by molar-refractivity contribution is 0.383. The van der Waals surface area contributed by atoms with E-state index in [0.29, 0.717) is 26.2 Å². The van der Waals surface area contributed by atoms with E-state index in [1.165, 1.54) is 22.8 Å². The molecule has 1 fully saturated rings. The minimum Gasteiger partial charge on any atom is -0.353 e. The Morgan fingerprint density at radius 1 is 1.18 bits per heavy atom. The molecule has 0 unspecified atom stereocenters. The summed E-state index contributed by atoms with van der Waals surface area (Å²) < 4.78 is 41.9. The Morgan fingerprint density at radius 3 is 2.71 bits per heavy atom. The smallest absolute Gasteiger partial charge is 0.218 e. The number of rotatable bonds is 4. The lowest BCUT2D eigenvalue weighted by Crippen LogP contribution is -2.49. The second kappa shape index (κ2) is 7.43. The highest BCUT2D eigenvalue weighted by Crippen LogP contribution is 2.29. The lowest BCUT2D eigenvalue weighted by atomic mass is 10.1. The summed E-state index contributed by atoms with van der Waals surface area (Å²) in [7, 11) is -3.69. The number of nitrogens with zero attached hydrogens (tertiary/aromatic N) is 5. The molecule has 0 aliphatic carbocycles. The van der Waals surface area contributed by atoms with Crippen molar-refractivity contribution < 1.29 is 12.8 Å². The second-order valence-corrected chi connectivity index (χ2v) is 9.28. The third-order valence-corrected chi connectivity index (χ3v) is 7.40. The van der Waals surface area contributed by atoms with Gasteiger partial charge in [-0.1, -0.05) is 0 Å². The first kappa shape index (κ1) is 18.7. The molecule has 1 aromatic carbocycles. The molecule has 0 atom stereocenters. The van der Waals surface area contributed by atoms with Gasteiger partial charge in [0.1, 0.15) is 18.0 Å². The number of sulfonamides is 1. The van der Waals surface area contributed by atoms with Crippen molar-refractivity contribution in [2.75, 3.05) is 31.1 Å². The van der Waals surface area contributed by atoms with Crippen LogP contribution < -0.4 is 4.90 Å². The van der Waals surface area contributed by atoms with Gasteiger partial charge in [0.05, 0.1) is 27.6 Å². The van der Waals surface area contributed by atoms with Crippen molar-refractivity contribution in [1.29, 1.82) is 5.26 Å². The Labute approximate surface area is 165 Å². The largest absolute Gasteiger partial charge is 0.353 e. The molecular weight excluding hydrogens is 401 g/mol. The summed E-state index contributed by atoms with van der Waals surface area (Å²) in [6, 6.07) is 7.58. The van der Waals surface area contributed by atoms with Crippen LogP contribution in [0.4, 0.5) is 10.2 Å². The van der Waals surface area contributed by atoms with E-state index in [-0.39, 0.29) is 11.1 Å². The van der Waals surface area contributed by atoms with Gasteiger partial charge < -0.3 is 4.90 Å². The summed E-state index contributed by atoms with van der Waals surface area (Å²) in [5.41, 5.74) is 1.12. The summed E-state index contributed by atoms with van der Waals surface area (Å²) in [6.07, 6.45) is 1.51. The number of halogens is 1. The summed E-state index contributed by atoms with van der Waals surface area (Å²) in [6.45, 7) is 1.56. The molecule has 0 bridgehead atoms. The van der Waals surface area contributed by atoms with Crippen molar-refractivity contribution in [3.05, 3.63) is 52.9 Å². The topological polar surface area (TPSA) is 90.2 Å². The fourth-order valence-corrected chi connectivity index (χ4v) is 5.60. The molecule has 1 aliphatic heterocycles. The molecule has 10 heteroatoms. The van der Waals surface area contributed by atoms with Crippen LogP contribution >= 0.6 is 11.3 Å². The maximum atomic E-state index is 14.0. The van der Waals surface area contributed by atoms with Crippen LogP contribution in [0.25, 0.3) is 10.2 Å². The molecule has 0 spiro atoms. The Kier molecular flexibility index (Phi) is 4.97. The third-order valence-electron chi connectivity index (χ3n) is 4.67. The van der Waals surface area contributed by atoms with Crippen molar-refractivity contribution >= 4 is 37.4 Å². The van der Waals surface area contributed by atoms with Gasteiger partial charge in [-0.2, -0.15) is 9.57 Å². The molecule has 0 amide bonds. The van der Waals surface area contributed by atoms with E-state index in [1.54, 1.807) is 11.3 Å². The first-order valence-corrected chi connectivity index (χ1v) is 11.1. The van der Waals surface area contributed by atoms with Gasteiger partial charge in [-0.3, -0.25) is 0 Å². The predicted molar refractivity (Wildman–Crippen MR) is 105 cm³/mol. The normalized spacial score (nSPS) is 15.6. The third kappa shape index (κ3) is 3.56. The highest BCUT2D eigenvalue weighted by Gasteiger charge is 2.29. The zero-order valence-electron chi connectivity index (χ0n) is 14.7. The number of fused-ring (bicyclic) bond motifs is 1. The molecule has 1 saturated heterocycles. The van der Waals surface area contributed by atoms with Gasteiger partial charge in [-0.05, 0) is 29.6 Å². The molecule has 28 heavy (non-hydrogen) atoms. The average Bonchev–Trinajstić information content (AvgIpc) is 3.18. The monoisotopic (exact) mass is 417 g/mol. The number of piperazine rings is 1. The van der Waals surface area contributed by atoms with Crippen molar-refractivity contribution in [1.82, 2.24) is 14.3 Å². The van der Waals surface area contributed by atoms with Crippen LogP contribution in [0, 0.1) is 17.1 Å². The first-order valence-electron chi connectivity index (χ1n) is 8.57. The van der Waals surface area contributed by atoms with Crippen LogP contribution in [0.5, 0.6) is 0 Å². The second-order valence-electron chi connectivity index (χ2n) is 6.39. The van der Waals surface area contributed by atoms with E-state index in [0.717, 1.165) is 22.1 Å². The Balaban J connectivity index is 1.49.